The summed E-state index contributed by atoms with van der Waals surface area (Å²) in [5.41, 5.74) is 1.45. The third-order valence-corrected chi connectivity index (χ3v) is 6.16. The zero-order chi connectivity index (χ0) is 22.2. The number of alkyl halides is 3. The Kier molecular flexibility index (Phi) is 5.75. The number of rotatable bonds is 5. The van der Waals surface area contributed by atoms with Crippen molar-refractivity contribution in [1.82, 2.24) is 10.2 Å². The van der Waals surface area contributed by atoms with E-state index in [0.717, 1.165) is 48.1 Å². The highest BCUT2D eigenvalue weighted by molar-refractivity contribution is 6.02. The number of halogens is 3. The third kappa shape index (κ3) is 4.44. The van der Waals surface area contributed by atoms with Crippen LogP contribution in [0.5, 0.6) is 0 Å². The Morgan fingerprint density at radius 1 is 1.10 bits per heavy atom. The molecule has 3 aromatic carbocycles. The molecule has 3 nitrogen and oxygen atoms in total. The first-order valence-electron chi connectivity index (χ1n) is 10.5. The number of amides is 1. The molecule has 0 aliphatic carbocycles. The van der Waals surface area contributed by atoms with E-state index < -0.39 is 11.7 Å². The predicted molar refractivity (Wildman–Crippen MR) is 117 cm³/mol. The quantitative estimate of drug-likeness (QED) is 0.576. The zero-order valence-corrected chi connectivity index (χ0v) is 17.5. The standard InChI is InChI=1S/C25H25F3N2O/c1-3-30-14-20(15-30)16(2)29-24(31)19-9-12-23-18(13-19)5-4-6-22(23)17-7-10-21(11-8-17)25(26,27)28/h4-13,16,20H,3,14-15H2,1-2H3,(H,29,31)/t16-/m1/s1. The molecule has 1 atom stereocenters. The first-order chi connectivity index (χ1) is 14.8. The molecule has 0 aromatic heterocycles. The van der Waals surface area contributed by atoms with Gasteiger partial charge in [-0.25, -0.2) is 0 Å². The molecular formula is C25H25F3N2O. The van der Waals surface area contributed by atoms with E-state index in [0.29, 0.717) is 17.0 Å². The summed E-state index contributed by atoms with van der Waals surface area (Å²) in [5.74, 6) is 0.361. The highest BCUT2D eigenvalue weighted by Crippen LogP contribution is 2.33. The maximum absolute atomic E-state index is 12.9. The van der Waals surface area contributed by atoms with Crippen molar-refractivity contribution in [3.05, 3.63) is 71.8 Å². The first-order valence-corrected chi connectivity index (χ1v) is 10.5. The van der Waals surface area contributed by atoms with Crippen LogP contribution in [0.1, 0.15) is 29.8 Å². The van der Waals surface area contributed by atoms with Gasteiger partial charge in [0.05, 0.1) is 5.56 Å². The number of hydrogen-bond acceptors (Lipinski definition) is 2. The lowest BCUT2D eigenvalue weighted by Crippen LogP contribution is -2.55. The van der Waals surface area contributed by atoms with E-state index in [9.17, 15) is 18.0 Å². The maximum atomic E-state index is 12.9. The summed E-state index contributed by atoms with van der Waals surface area (Å²) in [5, 5.41) is 4.87. The lowest BCUT2D eigenvalue weighted by molar-refractivity contribution is -0.137. The van der Waals surface area contributed by atoms with E-state index in [1.807, 2.05) is 37.3 Å². The highest BCUT2D eigenvalue weighted by atomic mass is 19.4. The second kappa shape index (κ2) is 8.35. The van der Waals surface area contributed by atoms with Crippen LogP contribution in [0.15, 0.2) is 60.7 Å². The van der Waals surface area contributed by atoms with Crippen LogP contribution in [0, 0.1) is 5.92 Å². The largest absolute Gasteiger partial charge is 0.416 e. The highest BCUT2D eigenvalue weighted by Gasteiger charge is 2.31. The predicted octanol–water partition coefficient (Wildman–Crippen LogP) is 5.60. The molecule has 0 unspecified atom stereocenters. The van der Waals surface area contributed by atoms with Crippen molar-refractivity contribution in [2.45, 2.75) is 26.1 Å². The number of hydrogen-bond donors (Lipinski definition) is 1. The van der Waals surface area contributed by atoms with Gasteiger partial charge in [-0.1, -0.05) is 43.3 Å². The van der Waals surface area contributed by atoms with Gasteiger partial charge in [-0.2, -0.15) is 13.2 Å². The molecule has 4 rings (SSSR count). The molecule has 0 bridgehead atoms. The van der Waals surface area contributed by atoms with Gasteiger partial charge in [0.2, 0.25) is 0 Å². The molecule has 1 heterocycles. The van der Waals surface area contributed by atoms with Crippen LogP contribution >= 0.6 is 0 Å². The van der Waals surface area contributed by atoms with E-state index in [1.54, 1.807) is 6.07 Å². The molecule has 6 heteroatoms. The summed E-state index contributed by atoms with van der Waals surface area (Å²) in [4.78, 5) is 15.1. The molecule has 0 saturated carbocycles. The molecule has 3 aromatic rings. The van der Waals surface area contributed by atoms with Crippen molar-refractivity contribution in [2.24, 2.45) is 5.92 Å². The summed E-state index contributed by atoms with van der Waals surface area (Å²) < 4.78 is 38.6. The fourth-order valence-electron chi connectivity index (χ4n) is 4.11. The zero-order valence-electron chi connectivity index (χ0n) is 17.5. The molecule has 1 amide bonds. The van der Waals surface area contributed by atoms with Gasteiger partial charge >= 0.3 is 6.18 Å². The van der Waals surface area contributed by atoms with E-state index in [2.05, 4.69) is 17.1 Å². The Morgan fingerprint density at radius 3 is 2.45 bits per heavy atom. The molecule has 0 radical (unpaired) electrons. The molecule has 1 saturated heterocycles. The van der Waals surface area contributed by atoms with Crippen LogP contribution in [0.25, 0.3) is 21.9 Å². The number of benzene rings is 3. The minimum atomic E-state index is -4.36. The summed E-state index contributed by atoms with van der Waals surface area (Å²) >= 11 is 0. The first kappa shape index (κ1) is 21.4. The Morgan fingerprint density at radius 2 is 1.81 bits per heavy atom. The lowest BCUT2D eigenvalue weighted by atomic mass is 9.92. The van der Waals surface area contributed by atoms with Gasteiger partial charge in [0.25, 0.3) is 5.91 Å². The van der Waals surface area contributed by atoms with Gasteiger partial charge in [0.1, 0.15) is 0 Å². The van der Waals surface area contributed by atoms with Crippen LogP contribution in [-0.2, 0) is 6.18 Å². The smallest absolute Gasteiger partial charge is 0.349 e. The van der Waals surface area contributed by atoms with Gasteiger partial charge in [-0.15, -0.1) is 0 Å². The fourth-order valence-corrected chi connectivity index (χ4v) is 4.11. The number of nitrogens with one attached hydrogen (secondary N) is 1. The van der Waals surface area contributed by atoms with Gasteiger partial charge in [-0.05, 0) is 59.6 Å². The van der Waals surface area contributed by atoms with Crippen molar-refractivity contribution < 1.29 is 18.0 Å². The number of fused-ring (bicyclic) bond motifs is 1. The fraction of sp³-hybridized carbons (Fsp3) is 0.320. The second-order valence-corrected chi connectivity index (χ2v) is 8.19. The summed E-state index contributed by atoms with van der Waals surface area (Å²) in [6.07, 6.45) is -4.36. The Balaban J connectivity index is 1.55. The second-order valence-electron chi connectivity index (χ2n) is 8.19. The Hall–Kier alpha value is -2.86. The summed E-state index contributed by atoms with van der Waals surface area (Å²) in [6.45, 7) is 7.22. The van der Waals surface area contributed by atoms with E-state index in [1.165, 1.54) is 12.1 Å². The van der Waals surface area contributed by atoms with Crippen molar-refractivity contribution in [1.29, 1.82) is 0 Å². The number of carbonyl (C=O) groups is 1. The minimum Gasteiger partial charge on any atom is -0.349 e. The monoisotopic (exact) mass is 426 g/mol. The summed E-state index contributed by atoms with van der Waals surface area (Å²) in [6, 6.07) is 16.4. The van der Waals surface area contributed by atoms with Gasteiger partial charge < -0.3 is 10.2 Å². The molecule has 1 fully saturated rings. The van der Waals surface area contributed by atoms with E-state index in [4.69, 9.17) is 0 Å². The molecular weight excluding hydrogens is 401 g/mol. The van der Waals surface area contributed by atoms with Gasteiger partial charge in [-0.3, -0.25) is 4.79 Å². The van der Waals surface area contributed by atoms with Gasteiger partial charge in [0.15, 0.2) is 0 Å². The maximum Gasteiger partial charge on any atom is 0.416 e. The third-order valence-electron chi connectivity index (χ3n) is 6.16. The van der Waals surface area contributed by atoms with Crippen LogP contribution in [0.4, 0.5) is 13.2 Å². The van der Waals surface area contributed by atoms with Crippen LogP contribution in [-0.4, -0.2) is 36.5 Å². The Labute approximate surface area is 179 Å². The van der Waals surface area contributed by atoms with Crippen molar-refractivity contribution in [2.75, 3.05) is 19.6 Å². The number of carbonyl (C=O) groups excluding carboxylic acids is 1. The van der Waals surface area contributed by atoms with Crippen LogP contribution in [0.3, 0.4) is 0 Å². The normalized spacial score (nSPS) is 16.2. The SMILES string of the molecule is CCN1CC([C@@H](C)NC(=O)c2ccc3c(-c4ccc(C(F)(F)F)cc4)cccc3c2)C1. The molecule has 162 valence electrons. The van der Waals surface area contributed by atoms with Gasteiger partial charge in [0, 0.05) is 30.6 Å². The average molecular weight is 426 g/mol. The summed E-state index contributed by atoms with van der Waals surface area (Å²) in [7, 11) is 0. The minimum absolute atomic E-state index is 0.101. The van der Waals surface area contributed by atoms with Crippen molar-refractivity contribution in [3.63, 3.8) is 0 Å². The van der Waals surface area contributed by atoms with E-state index in [-0.39, 0.29) is 11.9 Å². The molecule has 1 aliphatic heterocycles. The molecule has 31 heavy (non-hydrogen) atoms. The van der Waals surface area contributed by atoms with Crippen LogP contribution < -0.4 is 5.32 Å². The number of nitrogens with zero attached hydrogens (tertiary/aromatic N) is 1. The Bertz CT molecular complexity index is 1090. The molecule has 1 N–H and O–H groups in total. The van der Waals surface area contributed by atoms with E-state index >= 15 is 0 Å². The lowest BCUT2D eigenvalue weighted by Gasteiger charge is -2.42. The molecule has 0 spiro atoms. The van der Waals surface area contributed by atoms with Crippen molar-refractivity contribution in [3.8, 4) is 11.1 Å². The van der Waals surface area contributed by atoms with Crippen LogP contribution in [0.2, 0.25) is 0 Å². The topological polar surface area (TPSA) is 32.3 Å². The molecule has 1 aliphatic rings. The average Bonchev–Trinajstić information content (AvgIpc) is 2.71. The van der Waals surface area contributed by atoms with Crippen molar-refractivity contribution >= 4 is 16.7 Å². The number of likely N-dealkylation sites (tertiary alicyclic amines) is 1.